The number of hydrogen-bond donors (Lipinski definition) is 0. The van der Waals surface area contributed by atoms with Crippen molar-refractivity contribution in [3.05, 3.63) is 34.4 Å². The first kappa shape index (κ1) is 16.2. The van der Waals surface area contributed by atoms with Crippen molar-refractivity contribution in [3.8, 4) is 0 Å². The molecule has 1 aromatic carbocycles. The Labute approximate surface area is 129 Å². The molecular weight excluding hydrogens is 258 g/mol. The van der Waals surface area contributed by atoms with Gasteiger partial charge in [-0.25, -0.2) is 0 Å². The zero-order valence-corrected chi connectivity index (χ0v) is 14.2. The van der Waals surface area contributed by atoms with Crippen molar-refractivity contribution in [2.24, 2.45) is 5.92 Å². The van der Waals surface area contributed by atoms with Gasteiger partial charge in [-0.15, -0.1) is 0 Å². The third kappa shape index (κ3) is 3.94. The highest BCUT2D eigenvalue weighted by atomic mass is 16.1. The number of hydrogen-bond acceptors (Lipinski definition) is 2. The first-order valence-corrected chi connectivity index (χ1v) is 8.09. The summed E-state index contributed by atoms with van der Waals surface area (Å²) in [6, 6.07) is 4.70. The number of aryl methyl sites for hydroxylation is 2. The number of likely N-dealkylation sites (tertiary alicyclic amines) is 1. The minimum atomic E-state index is 0.205. The summed E-state index contributed by atoms with van der Waals surface area (Å²) in [4.78, 5) is 13.3. The van der Waals surface area contributed by atoms with Gasteiger partial charge >= 0.3 is 0 Å². The SMILES string of the molecule is Cc1cc(C(C)(C)C)cc(C)c1CN1CCC(C=O)CC1. The van der Waals surface area contributed by atoms with Crippen LogP contribution in [0.25, 0.3) is 0 Å². The van der Waals surface area contributed by atoms with Crippen molar-refractivity contribution in [1.82, 2.24) is 4.90 Å². The van der Waals surface area contributed by atoms with Crippen LogP contribution in [0.2, 0.25) is 0 Å². The minimum absolute atomic E-state index is 0.205. The van der Waals surface area contributed by atoms with E-state index in [9.17, 15) is 4.79 Å². The standard InChI is InChI=1S/C19H29NO/c1-14-10-17(19(3,4)5)11-15(2)18(14)12-20-8-6-16(13-21)7-9-20/h10-11,13,16H,6-9,12H2,1-5H3. The van der Waals surface area contributed by atoms with Crippen LogP contribution in [0.15, 0.2) is 12.1 Å². The van der Waals surface area contributed by atoms with E-state index in [4.69, 9.17) is 0 Å². The molecule has 0 N–H and O–H groups in total. The second-order valence-electron chi connectivity index (χ2n) is 7.59. The molecule has 1 aliphatic rings. The average molecular weight is 287 g/mol. The summed E-state index contributed by atoms with van der Waals surface area (Å²) in [5.41, 5.74) is 5.89. The largest absolute Gasteiger partial charge is 0.303 e. The highest BCUT2D eigenvalue weighted by molar-refractivity contribution is 5.53. The molecule has 0 amide bonds. The third-order valence-electron chi connectivity index (χ3n) is 4.77. The van der Waals surface area contributed by atoms with Crippen LogP contribution >= 0.6 is 0 Å². The van der Waals surface area contributed by atoms with E-state index in [2.05, 4.69) is 51.7 Å². The van der Waals surface area contributed by atoms with E-state index in [0.717, 1.165) is 38.8 Å². The van der Waals surface area contributed by atoms with Crippen molar-refractivity contribution in [2.45, 2.75) is 59.4 Å². The van der Waals surface area contributed by atoms with Gasteiger partial charge in [-0.2, -0.15) is 0 Å². The summed E-state index contributed by atoms with van der Waals surface area (Å²) in [6.07, 6.45) is 3.16. The number of carbonyl (C=O) groups is 1. The van der Waals surface area contributed by atoms with E-state index >= 15 is 0 Å². The molecule has 0 aliphatic carbocycles. The maximum atomic E-state index is 10.8. The highest BCUT2D eigenvalue weighted by Crippen LogP contribution is 2.28. The Kier molecular flexibility index (Phi) is 4.88. The molecular formula is C19H29NO. The van der Waals surface area contributed by atoms with E-state index < -0.39 is 0 Å². The molecule has 0 unspecified atom stereocenters. The molecule has 1 heterocycles. The fraction of sp³-hybridized carbons (Fsp3) is 0.632. The fourth-order valence-electron chi connectivity index (χ4n) is 3.15. The van der Waals surface area contributed by atoms with Gasteiger partial charge in [-0.3, -0.25) is 4.90 Å². The Bertz CT molecular complexity index is 482. The average Bonchev–Trinajstić information content (AvgIpc) is 2.42. The van der Waals surface area contributed by atoms with Gasteiger partial charge in [0.2, 0.25) is 0 Å². The van der Waals surface area contributed by atoms with Crippen LogP contribution in [-0.2, 0) is 16.8 Å². The van der Waals surface area contributed by atoms with Crippen molar-refractivity contribution >= 4 is 6.29 Å². The summed E-state index contributed by atoms with van der Waals surface area (Å²) in [5, 5.41) is 0. The first-order valence-electron chi connectivity index (χ1n) is 8.09. The first-order chi connectivity index (χ1) is 9.81. The van der Waals surface area contributed by atoms with Gasteiger partial charge in [0.05, 0.1) is 0 Å². The number of carbonyl (C=O) groups excluding carboxylic acids is 1. The van der Waals surface area contributed by atoms with Crippen molar-refractivity contribution in [1.29, 1.82) is 0 Å². The quantitative estimate of drug-likeness (QED) is 0.783. The molecule has 116 valence electrons. The zero-order chi connectivity index (χ0) is 15.6. The predicted octanol–water partition coefficient (Wildman–Crippen LogP) is 4.01. The van der Waals surface area contributed by atoms with Crippen LogP contribution in [0.5, 0.6) is 0 Å². The summed E-state index contributed by atoms with van der Waals surface area (Å²) in [5.74, 6) is 0.284. The van der Waals surface area contributed by atoms with Crippen LogP contribution in [0, 0.1) is 19.8 Å². The smallest absolute Gasteiger partial charge is 0.123 e. The van der Waals surface area contributed by atoms with Crippen molar-refractivity contribution in [3.63, 3.8) is 0 Å². The fourth-order valence-corrected chi connectivity index (χ4v) is 3.15. The molecule has 0 atom stereocenters. The van der Waals surface area contributed by atoms with Gasteiger partial charge < -0.3 is 4.79 Å². The Morgan fingerprint density at radius 3 is 2.10 bits per heavy atom. The van der Waals surface area contributed by atoms with Gasteiger partial charge in [0.1, 0.15) is 6.29 Å². The lowest BCUT2D eigenvalue weighted by atomic mass is 9.83. The summed E-state index contributed by atoms with van der Waals surface area (Å²) < 4.78 is 0. The highest BCUT2D eigenvalue weighted by Gasteiger charge is 2.21. The summed E-state index contributed by atoms with van der Waals surface area (Å²) in [6.45, 7) is 14.4. The Hall–Kier alpha value is -1.15. The maximum absolute atomic E-state index is 10.8. The van der Waals surface area contributed by atoms with Gasteiger partial charge in [0.15, 0.2) is 0 Å². The van der Waals surface area contributed by atoms with Crippen LogP contribution in [0.4, 0.5) is 0 Å². The molecule has 1 fully saturated rings. The molecule has 2 rings (SSSR count). The van der Waals surface area contributed by atoms with E-state index in [1.165, 1.54) is 22.3 Å². The van der Waals surface area contributed by atoms with E-state index in [1.54, 1.807) is 0 Å². The predicted molar refractivity (Wildman–Crippen MR) is 88.7 cm³/mol. The molecule has 0 aromatic heterocycles. The van der Waals surface area contributed by atoms with Crippen LogP contribution < -0.4 is 0 Å². The Morgan fingerprint density at radius 1 is 1.14 bits per heavy atom. The van der Waals surface area contributed by atoms with Gasteiger partial charge in [-0.05, 0) is 67.4 Å². The number of aldehydes is 1. The van der Waals surface area contributed by atoms with Crippen LogP contribution in [0.1, 0.15) is 55.9 Å². The lowest BCUT2D eigenvalue weighted by molar-refractivity contribution is -0.112. The maximum Gasteiger partial charge on any atom is 0.123 e. The Morgan fingerprint density at radius 2 is 1.67 bits per heavy atom. The van der Waals surface area contributed by atoms with Gasteiger partial charge in [0, 0.05) is 12.5 Å². The second-order valence-corrected chi connectivity index (χ2v) is 7.59. The van der Waals surface area contributed by atoms with E-state index in [-0.39, 0.29) is 11.3 Å². The molecule has 1 aromatic rings. The Balaban J connectivity index is 2.12. The topological polar surface area (TPSA) is 20.3 Å². The van der Waals surface area contributed by atoms with Crippen LogP contribution in [-0.4, -0.2) is 24.3 Å². The molecule has 1 saturated heterocycles. The number of rotatable bonds is 3. The summed E-state index contributed by atoms with van der Waals surface area (Å²) in [7, 11) is 0. The minimum Gasteiger partial charge on any atom is -0.303 e. The molecule has 21 heavy (non-hydrogen) atoms. The monoisotopic (exact) mass is 287 g/mol. The lowest BCUT2D eigenvalue weighted by Crippen LogP contribution is -2.34. The van der Waals surface area contributed by atoms with Crippen LogP contribution in [0.3, 0.4) is 0 Å². The molecule has 1 aliphatic heterocycles. The molecule has 0 saturated carbocycles. The third-order valence-corrected chi connectivity index (χ3v) is 4.77. The molecule has 0 radical (unpaired) electrons. The number of nitrogens with zero attached hydrogens (tertiary/aromatic N) is 1. The number of benzene rings is 1. The van der Waals surface area contributed by atoms with Gasteiger partial charge in [-0.1, -0.05) is 32.9 Å². The molecule has 0 bridgehead atoms. The second kappa shape index (κ2) is 6.31. The number of piperidine rings is 1. The van der Waals surface area contributed by atoms with E-state index in [0.29, 0.717) is 0 Å². The molecule has 2 nitrogen and oxygen atoms in total. The molecule has 2 heteroatoms. The zero-order valence-electron chi connectivity index (χ0n) is 14.2. The normalized spacial score (nSPS) is 18.0. The lowest BCUT2D eigenvalue weighted by Gasteiger charge is -2.31. The summed E-state index contributed by atoms with van der Waals surface area (Å²) >= 11 is 0. The van der Waals surface area contributed by atoms with Crippen molar-refractivity contribution in [2.75, 3.05) is 13.1 Å². The van der Waals surface area contributed by atoms with Gasteiger partial charge in [0.25, 0.3) is 0 Å². The van der Waals surface area contributed by atoms with E-state index in [1.807, 2.05) is 0 Å². The van der Waals surface area contributed by atoms with Crippen molar-refractivity contribution < 1.29 is 4.79 Å². The molecule has 0 spiro atoms.